The van der Waals surface area contributed by atoms with Gasteiger partial charge in [-0.05, 0) is 49.7 Å². The van der Waals surface area contributed by atoms with Gasteiger partial charge in [0.05, 0.1) is 12.2 Å². The zero-order valence-corrected chi connectivity index (χ0v) is 17.8. The fraction of sp³-hybridized carbons (Fsp3) is 0.900. The number of ether oxygens (including phenoxy) is 2. The minimum absolute atomic E-state index is 0.00724. The molecule has 1 unspecified atom stereocenters. The Morgan fingerprint density at radius 2 is 1.96 bits per heavy atom. The van der Waals surface area contributed by atoms with Crippen molar-refractivity contribution < 1.29 is 19.0 Å². The molecule has 1 saturated heterocycles. The van der Waals surface area contributed by atoms with E-state index in [1.807, 2.05) is 6.08 Å². The number of allylic oxidation sites excluding steroid dienone is 1. The smallest absolute Gasteiger partial charge is 0.191 e. The van der Waals surface area contributed by atoms with E-state index in [2.05, 4.69) is 40.4 Å². The van der Waals surface area contributed by atoms with Crippen LogP contribution in [0.4, 0.5) is 0 Å². The average Bonchev–Trinajstić information content (AvgIpc) is 2.81. The van der Waals surface area contributed by atoms with E-state index in [-0.39, 0.29) is 35.4 Å². The quantitative estimate of drug-likeness (QED) is 0.530. The van der Waals surface area contributed by atoms with Gasteiger partial charge in [-0.1, -0.05) is 26.8 Å². The van der Waals surface area contributed by atoms with E-state index in [1.54, 1.807) is 0 Å². The third-order valence-corrected chi connectivity index (χ3v) is 10.8. The van der Waals surface area contributed by atoms with E-state index in [1.165, 1.54) is 0 Å². The maximum atomic E-state index is 10.6. The van der Waals surface area contributed by atoms with Gasteiger partial charge in [-0.3, -0.25) is 0 Å². The van der Waals surface area contributed by atoms with E-state index in [9.17, 15) is 5.11 Å². The maximum Gasteiger partial charge on any atom is 0.191 e. The summed E-state index contributed by atoms with van der Waals surface area (Å²) in [5.74, 6) is 0.364. The Kier molecular flexibility index (Phi) is 7.31. The summed E-state index contributed by atoms with van der Waals surface area (Å²) in [6, 6.07) is 0. The molecule has 2 aliphatic rings. The minimum atomic E-state index is -1.82. The zero-order valence-electron chi connectivity index (χ0n) is 16.8. The zero-order chi connectivity index (χ0) is 18.7. The van der Waals surface area contributed by atoms with Gasteiger partial charge in [0.2, 0.25) is 0 Å². The van der Waals surface area contributed by atoms with E-state index in [4.69, 9.17) is 13.9 Å². The summed E-state index contributed by atoms with van der Waals surface area (Å²) < 4.78 is 18.5. The van der Waals surface area contributed by atoms with Crippen LogP contribution in [0.2, 0.25) is 18.1 Å². The van der Waals surface area contributed by atoms with E-state index < -0.39 is 8.32 Å². The Labute approximate surface area is 155 Å². The lowest BCUT2D eigenvalue weighted by Gasteiger charge is -2.38. The molecular weight excluding hydrogens is 332 g/mol. The molecule has 0 radical (unpaired) electrons. The summed E-state index contributed by atoms with van der Waals surface area (Å²) in [6.45, 7) is 16.6. The van der Waals surface area contributed by atoms with E-state index in [0.717, 1.165) is 32.3 Å². The predicted octanol–water partition coefficient (Wildman–Crippen LogP) is 4.49. The van der Waals surface area contributed by atoms with Crippen molar-refractivity contribution in [3.05, 3.63) is 12.7 Å². The molecule has 25 heavy (non-hydrogen) atoms. The Balaban J connectivity index is 2.04. The average molecular weight is 371 g/mol. The van der Waals surface area contributed by atoms with Crippen LogP contribution in [0.25, 0.3) is 0 Å². The normalized spacial score (nSPS) is 34.2. The molecule has 0 bridgehead atoms. The van der Waals surface area contributed by atoms with Crippen molar-refractivity contribution in [3.63, 3.8) is 0 Å². The molecule has 1 saturated carbocycles. The molecule has 1 heterocycles. The lowest BCUT2D eigenvalue weighted by molar-refractivity contribution is -0.197. The first kappa shape index (κ1) is 21.1. The number of rotatable bonds is 7. The van der Waals surface area contributed by atoms with Crippen molar-refractivity contribution in [2.45, 2.75) is 89.5 Å². The van der Waals surface area contributed by atoms with Crippen molar-refractivity contribution in [1.82, 2.24) is 0 Å². The second kappa shape index (κ2) is 8.66. The molecular formula is C20H38O4Si. The van der Waals surface area contributed by atoms with Gasteiger partial charge in [-0.15, -0.1) is 6.58 Å². The highest BCUT2D eigenvalue weighted by atomic mass is 28.4. The maximum absolute atomic E-state index is 10.6. The molecule has 1 N–H and O–H groups in total. The largest absolute Gasteiger partial charge is 0.416 e. The van der Waals surface area contributed by atoms with Crippen molar-refractivity contribution in [1.29, 1.82) is 0 Å². The number of aliphatic hydroxyl groups is 1. The Hall–Kier alpha value is -0.203. The summed E-state index contributed by atoms with van der Waals surface area (Å²) in [5.41, 5.74) is 0. The van der Waals surface area contributed by atoms with Crippen molar-refractivity contribution in [2.24, 2.45) is 11.8 Å². The van der Waals surface area contributed by atoms with Crippen LogP contribution in [0.1, 0.15) is 52.9 Å². The summed E-state index contributed by atoms with van der Waals surface area (Å²) in [7, 11) is -1.82. The molecule has 146 valence electrons. The van der Waals surface area contributed by atoms with Gasteiger partial charge in [0, 0.05) is 25.6 Å². The van der Waals surface area contributed by atoms with Crippen LogP contribution in [-0.2, 0) is 13.9 Å². The summed E-state index contributed by atoms with van der Waals surface area (Å²) in [5, 5.41) is 10.7. The molecule has 0 amide bonds. The molecule has 4 nitrogen and oxygen atoms in total. The van der Waals surface area contributed by atoms with Gasteiger partial charge in [0.1, 0.15) is 0 Å². The second-order valence-electron chi connectivity index (χ2n) is 9.20. The fourth-order valence-corrected chi connectivity index (χ4v) is 4.64. The summed E-state index contributed by atoms with van der Waals surface area (Å²) in [4.78, 5) is 0. The first-order chi connectivity index (χ1) is 11.7. The van der Waals surface area contributed by atoms with Crippen molar-refractivity contribution >= 4 is 8.32 Å². The second-order valence-corrected chi connectivity index (χ2v) is 14.0. The third-order valence-electron chi connectivity index (χ3n) is 6.34. The van der Waals surface area contributed by atoms with E-state index in [0.29, 0.717) is 13.0 Å². The highest BCUT2D eigenvalue weighted by Gasteiger charge is 2.46. The number of hydrogen-bond donors (Lipinski definition) is 1. The first-order valence-electron chi connectivity index (χ1n) is 9.85. The molecule has 0 aromatic heterocycles. The van der Waals surface area contributed by atoms with Crippen LogP contribution in [0.3, 0.4) is 0 Å². The molecule has 1 aliphatic heterocycles. The molecule has 5 heteroatoms. The molecule has 0 spiro atoms. The summed E-state index contributed by atoms with van der Waals surface area (Å²) >= 11 is 0. The van der Waals surface area contributed by atoms with Gasteiger partial charge < -0.3 is 19.0 Å². The van der Waals surface area contributed by atoms with Crippen molar-refractivity contribution in [3.8, 4) is 0 Å². The van der Waals surface area contributed by atoms with Gasteiger partial charge in [0.15, 0.2) is 14.6 Å². The number of hydrogen-bond acceptors (Lipinski definition) is 4. The predicted molar refractivity (Wildman–Crippen MR) is 104 cm³/mol. The van der Waals surface area contributed by atoms with Gasteiger partial charge in [0.25, 0.3) is 0 Å². The van der Waals surface area contributed by atoms with Crippen LogP contribution >= 0.6 is 0 Å². The monoisotopic (exact) mass is 370 g/mol. The van der Waals surface area contributed by atoms with Gasteiger partial charge in [-0.25, -0.2) is 0 Å². The van der Waals surface area contributed by atoms with Gasteiger partial charge in [-0.2, -0.15) is 0 Å². The van der Waals surface area contributed by atoms with Crippen LogP contribution < -0.4 is 0 Å². The van der Waals surface area contributed by atoms with Crippen LogP contribution in [0, 0.1) is 11.8 Å². The van der Waals surface area contributed by atoms with Crippen LogP contribution in [-0.4, -0.2) is 45.1 Å². The lowest BCUT2D eigenvalue weighted by Crippen LogP contribution is -2.44. The third kappa shape index (κ3) is 5.39. The first-order valence-corrected chi connectivity index (χ1v) is 12.8. The van der Waals surface area contributed by atoms with Crippen molar-refractivity contribution in [2.75, 3.05) is 13.2 Å². The Morgan fingerprint density at radius 3 is 2.52 bits per heavy atom. The molecule has 1 aliphatic carbocycles. The highest BCUT2D eigenvalue weighted by molar-refractivity contribution is 6.74. The van der Waals surface area contributed by atoms with Gasteiger partial charge >= 0.3 is 0 Å². The topological polar surface area (TPSA) is 47.9 Å². The number of aliphatic hydroxyl groups excluding tert-OH is 1. The lowest BCUT2D eigenvalue weighted by atomic mass is 9.91. The Morgan fingerprint density at radius 1 is 1.24 bits per heavy atom. The molecule has 2 fully saturated rings. The Bertz CT molecular complexity index is 426. The highest BCUT2D eigenvalue weighted by Crippen LogP contribution is 2.41. The van der Waals surface area contributed by atoms with Crippen LogP contribution in [0.5, 0.6) is 0 Å². The SMILES string of the molecule is C=CC[C@@H]1[C@@H](CO[Si](C)(C)C(C)(C)C)[C@H](OC2CCCCO2)C[C@@H]1O. The molecule has 0 aromatic carbocycles. The minimum Gasteiger partial charge on any atom is -0.416 e. The van der Waals surface area contributed by atoms with Crippen LogP contribution in [0.15, 0.2) is 12.7 Å². The fourth-order valence-electron chi connectivity index (χ4n) is 3.59. The molecule has 0 aromatic rings. The summed E-state index contributed by atoms with van der Waals surface area (Å²) in [6.07, 6.45) is 6.14. The molecule has 5 atom stereocenters. The molecule has 2 rings (SSSR count). The standard InChI is InChI=1S/C20H38O4Si/c1-7-10-15-16(14-23-25(5,6)20(2,3)4)18(13-17(15)21)24-19-11-8-9-12-22-19/h7,15-19,21H,1,8-14H2,2-6H3/t15-,16-,17+,18-,19?/m1/s1. The van der Waals surface area contributed by atoms with E-state index >= 15 is 0 Å².